The van der Waals surface area contributed by atoms with Gasteiger partial charge in [-0.2, -0.15) is 0 Å². The lowest BCUT2D eigenvalue weighted by atomic mass is 9.96. The zero-order valence-corrected chi connectivity index (χ0v) is 13.6. The second kappa shape index (κ2) is 9.31. The molecule has 0 aromatic rings. The van der Waals surface area contributed by atoms with E-state index in [0.29, 0.717) is 22.2 Å². The minimum Gasteiger partial charge on any atom is -0.361 e. The Morgan fingerprint density at radius 1 is 1.05 bits per heavy atom. The van der Waals surface area contributed by atoms with Crippen molar-refractivity contribution in [2.45, 2.75) is 58.4 Å². The Balaban J connectivity index is 2.06. The first-order valence-electron chi connectivity index (χ1n) is 7.18. The highest BCUT2D eigenvalue weighted by molar-refractivity contribution is 7.80. The second-order valence-corrected chi connectivity index (χ2v) is 6.31. The van der Waals surface area contributed by atoms with Gasteiger partial charge in [-0.3, -0.25) is 10.9 Å². The Bertz CT molecular complexity index is 288. The molecule has 1 saturated carbocycles. The highest BCUT2D eigenvalue weighted by atomic mass is 32.1. The van der Waals surface area contributed by atoms with Crippen LogP contribution in [0, 0.1) is 5.92 Å². The summed E-state index contributed by atoms with van der Waals surface area (Å²) in [5.41, 5.74) is 5.85. The normalized spacial score (nSPS) is 15.9. The molecule has 1 fully saturated rings. The maximum Gasteiger partial charge on any atom is 0.185 e. The summed E-state index contributed by atoms with van der Waals surface area (Å²) in [5.74, 6) is 0.678. The second-order valence-electron chi connectivity index (χ2n) is 5.50. The minimum absolute atomic E-state index is 0.512. The van der Waals surface area contributed by atoms with Gasteiger partial charge in [-0.1, -0.05) is 33.1 Å². The molecular weight excluding hydrogens is 276 g/mol. The molecule has 0 heterocycles. The van der Waals surface area contributed by atoms with E-state index in [0.717, 1.165) is 13.0 Å². The quantitative estimate of drug-likeness (QED) is 0.472. The Labute approximate surface area is 127 Å². The van der Waals surface area contributed by atoms with E-state index in [4.69, 9.17) is 24.4 Å². The third-order valence-corrected chi connectivity index (χ3v) is 3.70. The Morgan fingerprint density at radius 2 is 1.68 bits per heavy atom. The van der Waals surface area contributed by atoms with Crippen molar-refractivity contribution in [3.8, 4) is 0 Å². The first kappa shape index (κ1) is 16.4. The molecule has 0 amide bonds. The smallest absolute Gasteiger partial charge is 0.185 e. The van der Waals surface area contributed by atoms with Gasteiger partial charge in [0.2, 0.25) is 0 Å². The molecule has 0 atom stereocenters. The largest absolute Gasteiger partial charge is 0.361 e. The van der Waals surface area contributed by atoms with Crippen LogP contribution in [0.5, 0.6) is 0 Å². The zero-order chi connectivity index (χ0) is 14.1. The van der Waals surface area contributed by atoms with Gasteiger partial charge in [0.05, 0.1) is 0 Å². The topological polar surface area (TPSA) is 48.1 Å². The summed E-state index contributed by atoms with van der Waals surface area (Å²) in [6.07, 6.45) is 7.45. The minimum atomic E-state index is 0.512. The summed E-state index contributed by atoms with van der Waals surface area (Å²) >= 11 is 10.4. The van der Waals surface area contributed by atoms with E-state index >= 15 is 0 Å². The van der Waals surface area contributed by atoms with Crippen LogP contribution in [0.3, 0.4) is 0 Å². The lowest BCUT2D eigenvalue weighted by Gasteiger charge is -2.24. The van der Waals surface area contributed by atoms with Crippen molar-refractivity contribution in [3.63, 3.8) is 0 Å². The van der Waals surface area contributed by atoms with Gasteiger partial charge in [-0.15, -0.1) is 0 Å². The van der Waals surface area contributed by atoms with Gasteiger partial charge in [0, 0.05) is 12.6 Å². The highest BCUT2D eigenvalue weighted by Gasteiger charge is 2.13. The third kappa shape index (κ3) is 8.21. The van der Waals surface area contributed by atoms with Gasteiger partial charge in [-0.05, 0) is 49.6 Å². The summed E-state index contributed by atoms with van der Waals surface area (Å²) in [4.78, 5) is 0. The Kier molecular flexibility index (Phi) is 8.05. The first-order chi connectivity index (χ1) is 9.08. The summed E-state index contributed by atoms with van der Waals surface area (Å²) in [6, 6.07) is 0.512. The molecule has 0 aliphatic heterocycles. The standard InChI is InChI=1S/C13H26N4S2/c1-10(2)8-9-14-12(18)16-17-13(19)15-11-6-4-3-5-7-11/h10-11H,3-9H2,1-2H3,(H2,14,16,18)(H2,15,17,19). The first-order valence-corrected chi connectivity index (χ1v) is 8.00. The van der Waals surface area contributed by atoms with E-state index in [-0.39, 0.29) is 0 Å². The molecule has 4 nitrogen and oxygen atoms in total. The van der Waals surface area contributed by atoms with Crippen LogP contribution in [0.25, 0.3) is 0 Å². The summed E-state index contributed by atoms with van der Waals surface area (Å²) in [7, 11) is 0. The zero-order valence-electron chi connectivity index (χ0n) is 11.9. The van der Waals surface area contributed by atoms with Gasteiger partial charge in [0.25, 0.3) is 0 Å². The average Bonchev–Trinajstić information content (AvgIpc) is 2.37. The molecule has 0 bridgehead atoms. The fourth-order valence-corrected chi connectivity index (χ4v) is 2.47. The van der Waals surface area contributed by atoms with Crippen LogP contribution in [0.2, 0.25) is 0 Å². The van der Waals surface area contributed by atoms with Crippen LogP contribution in [-0.2, 0) is 0 Å². The van der Waals surface area contributed by atoms with Crippen LogP contribution in [0.4, 0.5) is 0 Å². The molecule has 1 rings (SSSR count). The van der Waals surface area contributed by atoms with E-state index in [1.807, 2.05) is 0 Å². The Hall–Kier alpha value is -0.620. The van der Waals surface area contributed by atoms with Crippen LogP contribution in [0.15, 0.2) is 0 Å². The van der Waals surface area contributed by atoms with Gasteiger partial charge in [0.15, 0.2) is 10.2 Å². The van der Waals surface area contributed by atoms with Crippen molar-refractivity contribution in [2.24, 2.45) is 5.92 Å². The molecule has 0 saturated heterocycles. The van der Waals surface area contributed by atoms with Crippen LogP contribution < -0.4 is 21.5 Å². The molecule has 110 valence electrons. The number of nitrogens with one attached hydrogen (secondary N) is 4. The molecule has 0 radical (unpaired) electrons. The monoisotopic (exact) mass is 302 g/mol. The molecular formula is C13H26N4S2. The van der Waals surface area contributed by atoms with E-state index in [1.54, 1.807) is 0 Å². The number of hydrogen-bond acceptors (Lipinski definition) is 2. The van der Waals surface area contributed by atoms with Crippen molar-refractivity contribution in [1.82, 2.24) is 21.5 Å². The Morgan fingerprint density at radius 3 is 2.32 bits per heavy atom. The van der Waals surface area contributed by atoms with Gasteiger partial charge in [0.1, 0.15) is 0 Å². The average molecular weight is 303 g/mol. The van der Waals surface area contributed by atoms with Crippen molar-refractivity contribution >= 4 is 34.7 Å². The summed E-state index contributed by atoms with van der Waals surface area (Å²) < 4.78 is 0. The van der Waals surface area contributed by atoms with Crippen molar-refractivity contribution < 1.29 is 0 Å². The molecule has 0 unspecified atom stereocenters. The predicted molar refractivity (Wildman–Crippen MR) is 88.9 cm³/mol. The van der Waals surface area contributed by atoms with Crippen molar-refractivity contribution in [1.29, 1.82) is 0 Å². The maximum absolute atomic E-state index is 5.24. The summed E-state index contributed by atoms with van der Waals surface area (Å²) in [6.45, 7) is 5.27. The fraction of sp³-hybridized carbons (Fsp3) is 0.846. The number of hydrogen-bond donors (Lipinski definition) is 4. The molecule has 0 aromatic heterocycles. The third-order valence-electron chi connectivity index (χ3n) is 3.24. The van der Waals surface area contributed by atoms with Crippen molar-refractivity contribution in [3.05, 3.63) is 0 Å². The SMILES string of the molecule is CC(C)CCNC(=S)NNC(=S)NC1CCCCC1. The van der Waals surface area contributed by atoms with E-state index < -0.39 is 0 Å². The van der Waals surface area contributed by atoms with Crippen LogP contribution >= 0.6 is 24.4 Å². The van der Waals surface area contributed by atoms with Gasteiger partial charge < -0.3 is 10.6 Å². The van der Waals surface area contributed by atoms with Crippen molar-refractivity contribution in [2.75, 3.05) is 6.54 Å². The molecule has 4 N–H and O–H groups in total. The molecule has 19 heavy (non-hydrogen) atoms. The van der Waals surface area contributed by atoms with E-state index in [2.05, 4.69) is 35.3 Å². The summed E-state index contributed by atoms with van der Waals surface area (Å²) in [5, 5.41) is 7.68. The lowest BCUT2D eigenvalue weighted by Crippen LogP contribution is -2.52. The van der Waals surface area contributed by atoms with Gasteiger partial charge in [-0.25, -0.2) is 0 Å². The molecule has 1 aliphatic carbocycles. The number of rotatable bonds is 4. The molecule has 0 spiro atoms. The fourth-order valence-electron chi connectivity index (χ4n) is 2.10. The predicted octanol–water partition coefficient (Wildman–Crippen LogP) is 2.21. The number of hydrazine groups is 1. The van der Waals surface area contributed by atoms with E-state index in [9.17, 15) is 0 Å². The van der Waals surface area contributed by atoms with Crippen LogP contribution in [0.1, 0.15) is 52.4 Å². The lowest BCUT2D eigenvalue weighted by molar-refractivity contribution is 0.411. The van der Waals surface area contributed by atoms with Gasteiger partial charge >= 0.3 is 0 Å². The maximum atomic E-state index is 5.24. The number of thiocarbonyl (C=S) groups is 2. The molecule has 6 heteroatoms. The molecule has 0 aromatic carbocycles. The highest BCUT2D eigenvalue weighted by Crippen LogP contribution is 2.16. The molecule has 1 aliphatic rings. The van der Waals surface area contributed by atoms with E-state index in [1.165, 1.54) is 32.1 Å². The van der Waals surface area contributed by atoms with Crippen LogP contribution in [-0.4, -0.2) is 22.8 Å².